The molecule has 0 aromatic heterocycles. The van der Waals surface area contributed by atoms with Gasteiger partial charge in [-0.1, -0.05) is 46.3 Å². The van der Waals surface area contributed by atoms with Gasteiger partial charge in [0.25, 0.3) is 0 Å². The van der Waals surface area contributed by atoms with Gasteiger partial charge in [-0.15, -0.1) is 0 Å². The number of benzene rings is 2. The van der Waals surface area contributed by atoms with Crippen LogP contribution in [0, 0.1) is 5.92 Å². The van der Waals surface area contributed by atoms with Crippen LogP contribution in [-0.4, -0.2) is 12.1 Å². The summed E-state index contributed by atoms with van der Waals surface area (Å²) in [5.74, 6) is 0.153. The van der Waals surface area contributed by atoms with E-state index in [0.29, 0.717) is 0 Å². The standard InChI is InChI=1S/C18H18BrN3O/c19-13-6-4-5-12(11-13)16-10-9-15-17(20-16)21-22(18(15)23)14-7-2-1-3-8-14/h1-8,11,15-17,20-21H,9-10H2. The van der Waals surface area contributed by atoms with Crippen LogP contribution in [0.15, 0.2) is 59.1 Å². The quantitative estimate of drug-likeness (QED) is 0.850. The summed E-state index contributed by atoms with van der Waals surface area (Å²) in [6.45, 7) is 0. The van der Waals surface area contributed by atoms with E-state index in [2.05, 4.69) is 44.9 Å². The van der Waals surface area contributed by atoms with E-state index in [0.717, 1.165) is 23.0 Å². The molecule has 3 atom stereocenters. The fraction of sp³-hybridized carbons (Fsp3) is 0.278. The molecule has 0 bridgehead atoms. The van der Waals surface area contributed by atoms with Crippen LogP contribution in [0.4, 0.5) is 5.69 Å². The maximum absolute atomic E-state index is 12.7. The molecule has 2 saturated heterocycles. The van der Waals surface area contributed by atoms with Gasteiger partial charge in [-0.2, -0.15) is 0 Å². The van der Waals surface area contributed by atoms with Crippen molar-refractivity contribution in [3.63, 3.8) is 0 Å². The molecule has 1 amide bonds. The molecule has 2 aromatic rings. The number of nitrogens with zero attached hydrogens (tertiary/aromatic N) is 1. The summed E-state index contributed by atoms with van der Waals surface area (Å²) in [5, 5.41) is 5.28. The smallest absolute Gasteiger partial charge is 0.247 e. The number of piperidine rings is 1. The number of rotatable bonds is 2. The molecule has 2 aliphatic rings. The highest BCUT2D eigenvalue weighted by Crippen LogP contribution is 2.34. The topological polar surface area (TPSA) is 44.4 Å². The average Bonchev–Trinajstić information content (AvgIpc) is 2.92. The molecular weight excluding hydrogens is 354 g/mol. The van der Waals surface area contributed by atoms with E-state index in [1.54, 1.807) is 5.01 Å². The average molecular weight is 372 g/mol. The molecule has 2 N–H and O–H groups in total. The van der Waals surface area contributed by atoms with E-state index in [1.165, 1.54) is 5.56 Å². The Morgan fingerprint density at radius 3 is 2.65 bits per heavy atom. The number of amides is 1. The Labute approximate surface area is 144 Å². The molecule has 2 aromatic carbocycles. The lowest BCUT2D eigenvalue weighted by Gasteiger charge is -2.31. The molecule has 2 aliphatic heterocycles. The fourth-order valence-corrected chi connectivity index (χ4v) is 3.87. The van der Waals surface area contributed by atoms with Gasteiger partial charge in [-0.25, -0.2) is 10.4 Å². The maximum Gasteiger partial charge on any atom is 0.247 e. The van der Waals surface area contributed by atoms with Crippen molar-refractivity contribution in [2.45, 2.75) is 25.0 Å². The second-order valence-corrected chi connectivity index (χ2v) is 6.99. The Morgan fingerprint density at radius 2 is 1.87 bits per heavy atom. The molecule has 0 aliphatic carbocycles. The molecule has 3 unspecified atom stereocenters. The van der Waals surface area contributed by atoms with Crippen LogP contribution >= 0.6 is 15.9 Å². The van der Waals surface area contributed by atoms with Crippen LogP contribution in [0.5, 0.6) is 0 Å². The van der Waals surface area contributed by atoms with Gasteiger partial charge in [0.15, 0.2) is 0 Å². The predicted octanol–water partition coefficient (Wildman–Crippen LogP) is 3.37. The molecule has 0 saturated carbocycles. The number of fused-ring (bicyclic) bond motifs is 1. The Bertz CT molecular complexity index is 721. The van der Waals surface area contributed by atoms with Gasteiger partial charge in [-0.05, 0) is 42.7 Å². The molecular formula is C18H18BrN3O. The van der Waals surface area contributed by atoms with Crippen LogP contribution in [0.3, 0.4) is 0 Å². The second kappa shape index (κ2) is 6.07. The minimum absolute atomic E-state index is 0.00129. The molecule has 5 heteroatoms. The van der Waals surface area contributed by atoms with E-state index < -0.39 is 0 Å². The maximum atomic E-state index is 12.7. The summed E-state index contributed by atoms with van der Waals surface area (Å²) in [4.78, 5) is 12.7. The largest absolute Gasteiger partial charge is 0.293 e. The van der Waals surface area contributed by atoms with Crippen molar-refractivity contribution in [2.75, 3.05) is 5.01 Å². The van der Waals surface area contributed by atoms with Gasteiger partial charge in [0.1, 0.15) is 0 Å². The summed E-state index contributed by atoms with van der Waals surface area (Å²) in [6.07, 6.45) is 1.85. The van der Waals surface area contributed by atoms with Gasteiger partial charge < -0.3 is 0 Å². The first-order valence-electron chi connectivity index (χ1n) is 7.89. The van der Waals surface area contributed by atoms with Crippen molar-refractivity contribution >= 4 is 27.5 Å². The minimum atomic E-state index is -0.0135. The van der Waals surface area contributed by atoms with E-state index in [1.807, 2.05) is 36.4 Å². The van der Waals surface area contributed by atoms with Crippen LogP contribution in [0.1, 0.15) is 24.4 Å². The van der Waals surface area contributed by atoms with Crippen molar-refractivity contribution in [2.24, 2.45) is 5.92 Å². The first-order valence-corrected chi connectivity index (χ1v) is 8.68. The Balaban J connectivity index is 1.53. The van der Waals surface area contributed by atoms with Gasteiger partial charge >= 0.3 is 0 Å². The van der Waals surface area contributed by atoms with Gasteiger partial charge in [-0.3, -0.25) is 10.1 Å². The van der Waals surface area contributed by atoms with Crippen molar-refractivity contribution in [1.29, 1.82) is 0 Å². The van der Waals surface area contributed by atoms with E-state index >= 15 is 0 Å². The minimum Gasteiger partial charge on any atom is -0.293 e. The molecule has 4 nitrogen and oxygen atoms in total. The third-order valence-electron chi connectivity index (χ3n) is 4.62. The number of para-hydroxylation sites is 1. The summed E-state index contributed by atoms with van der Waals surface area (Å²) in [6, 6.07) is 18.4. The number of carbonyl (C=O) groups excluding carboxylic acids is 1. The number of hydrogen-bond donors (Lipinski definition) is 2. The summed E-state index contributed by atoms with van der Waals surface area (Å²) in [7, 11) is 0. The summed E-state index contributed by atoms with van der Waals surface area (Å²) >= 11 is 3.53. The van der Waals surface area contributed by atoms with Gasteiger partial charge in [0, 0.05) is 10.5 Å². The van der Waals surface area contributed by atoms with E-state index in [4.69, 9.17) is 0 Å². The third-order valence-corrected chi connectivity index (χ3v) is 5.11. The number of hydrazine groups is 1. The van der Waals surface area contributed by atoms with Crippen molar-refractivity contribution in [3.8, 4) is 0 Å². The fourth-order valence-electron chi connectivity index (χ4n) is 3.46. The zero-order valence-electron chi connectivity index (χ0n) is 12.6. The van der Waals surface area contributed by atoms with Crippen LogP contribution in [0.2, 0.25) is 0 Å². The Morgan fingerprint density at radius 1 is 1.04 bits per heavy atom. The lowest BCUT2D eigenvalue weighted by Crippen LogP contribution is -2.49. The number of hydrogen-bond acceptors (Lipinski definition) is 3. The highest BCUT2D eigenvalue weighted by molar-refractivity contribution is 9.10. The monoisotopic (exact) mass is 371 g/mol. The zero-order chi connectivity index (χ0) is 15.8. The SMILES string of the molecule is O=C1C2CCC(c3cccc(Br)c3)NC2NN1c1ccccc1. The second-order valence-electron chi connectivity index (χ2n) is 6.07. The zero-order valence-corrected chi connectivity index (χ0v) is 14.2. The third kappa shape index (κ3) is 2.80. The molecule has 0 radical (unpaired) electrons. The first-order chi connectivity index (χ1) is 11.2. The van der Waals surface area contributed by atoms with Gasteiger partial charge in [0.05, 0.1) is 17.8 Å². The first kappa shape index (κ1) is 14.9. The van der Waals surface area contributed by atoms with Crippen molar-refractivity contribution in [1.82, 2.24) is 10.7 Å². The van der Waals surface area contributed by atoms with Crippen molar-refractivity contribution < 1.29 is 4.79 Å². The predicted molar refractivity (Wildman–Crippen MR) is 93.6 cm³/mol. The molecule has 23 heavy (non-hydrogen) atoms. The number of anilines is 1. The molecule has 0 spiro atoms. The van der Waals surface area contributed by atoms with Crippen LogP contribution < -0.4 is 15.8 Å². The Kier molecular flexibility index (Phi) is 3.93. The number of halogens is 1. The lowest BCUT2D eigenvalue weighted by molar-refractivity contribution is -0.121. The number of carbonyl (C=O) groups is 1. The normalized spacial score (nSPS) is 27.1. The summed E-state index contributed by atoms with van der Waals surface area (Å²) < 4.78 is 1.08. The number of nitrogens with one attached hydrogen (secondary N) is 2. The molecule has 118 valence electrons. The molecule has 4 rings (SSSR count). The van der Waals surface area contributed by atoms with E-state index in [-0.39, 0.29) is 24.0 Å². The molecule has 2 fully saturated rings. The highest BCUT2D eigenvalue weighted by Gasteiger charge is 2.44. The summed E-state index contributed by atoms with van der Waals surface area (Å²) in [5.41, 5.74) is 5.49. The molecule has 2 heterocycles. The highest BCUT2D eigenvalue weighted by atomic mass is 79.9. The van der Waals surface area contributed by atoms with E-state index in [9.17, 15) is 4.79 Å². The van der Waals surface area contributed by atoms with Crippen LogP contribution in [-0.2, 0) is 4.79 Å². The van der Waals surface area contributed by atoms with Crippen molar-refractivity contribution in [3.05, 3.63) is 64.6 Å². The van der Waals surface area contributed by atoms with Crippen LogP contribution in [0.25, 0.3) is 0 Å². The Hall–Kier alpha value is -1.69. The van der Waals surface area contributed by atoms with Gasteiger partial charge in [0.2, 0.25) is 5.91 Å². The lowest BCUT2D eigenvalue weighted by atomic mass is 9.89.